The Bertz CT molecular complexity index is 1060. The van der Waals surface area contributed by atoms with E-state index in [1.807, 2.05) is 30.3 Å². The Hall–Kier alpha value is -2.67. The van der Waals surface area contributed by atoms with Gasteiger partial charge < -0.3 is 0 Å². The summed E-state index contributed by atoms with van der Waals surface area (Å²) in [4.78, 5) is 16.6. The molecule has 24 heavy (non-hydrogen) atoms. The van der Waals surface area contributed by atoms with E-state index in [1.165, 1.54) is 6.07 Å². The van der Waals surface area contributed by atoms with E-state index in [4.69, 9.17) is 0 Å². The summed E-state index contributed by atoms with van der Waals surface area (Å²) in [6.45, 7) is 0. The van der Waals surface area contributed by atoms with Gasteiger partial charge in [0, 0.05) is 5.56 Å². The van der Waals surface area contributed by atoms with Crippen molar-refractivity contribution in [3.05, 3.63) is 59.8 Å². The Labute approximate surface area is 138 Å². The first-order valence-electron chi connectivity index (χ1n) is 7.02. The first kappa shape index (κ1) is 14.9. The van der Waals surface area contributed by atoms with Gasteiger partial charge in [0.1, 0.15) is 11.4 Å². The fourth-order valence-electron chi connectivity index (χ4n) is 2.69. The van der Waals surface area contributed by atoms with Gasteiger partial charge in [0.2, 0.25) is 0 Å². The maximum Gasteiger partial charge on any atom is 0.416 e. The van der Waals surface area contributed by atoms with Crippen LogP contribution in [0.1, 0.15) is 16.1 Å². The quantitative estimate of drug-likeness (QED) is 0.476. The molecule has 0 aliphatic carbocycles. The second-order valence-electron chi connectivity index (χ2n) is 5.23. The third-order valence-electron chi connectivity index (χ3n) is 3.77. The van der Waals surface area contributed by atoms with Crippen LogP contribution in [0.15, 0.2) is 48.5 Å². The predicted molar refractivity (Wildman–Crippen MR) is 86.4 cm³/mol. The Morgan fingerprint density at radius 2 is 1.83 bits per heavy atom. The van der Waals surface area contributed by atoms with Gasteiger partial charge in [-0.25, -0.2) is 4.98 Å². The lowest BCUT2D eigenvalue weighted by Gasteiger charge is -2.06. The van der Waals surface area contributed by atoms with E-state index in [9.17, 15) is 18.0 Å². The van der Waals surface area contributed by atoms with Crippen molar-refractivity contribution in [1.29, 1.82) is 0 Å². The van der Waals surface area contributed by atoms with Gasteiger partial charge in [-0.3, -0.25) is 9.20 Å². The molecule has 0 amide bonds. The summed E-state index contributed by atoms with van der Waals surface area (Å²) in [5.41, 5.74) is 1.48. The average Bonchev–Trinajstić information content (AvgIpc) is 3.09. The maximum atomic E-state index is 12.9. The molecule has 0 saturated carbocycles. The topological polar surface area (TPSA) is 34.4 Å². The van der Waals surface area contributed by atoms with Gasteiger partial charge in [-0.05, 0) is 18.2 Å². The van der Waals surface area contributed by atoms with Gasteiger partial charge in [0.05, 0.1) is 15.8 Å². The van der Waals surface area contributed by atoms with Crippen molar-refractivity contribution in [3.8, 4) is 11.3 Å². The zero-order chi connectivity index (χ0) is 16.9. The first-order chi connectivity index (χ1) is 11.5. The molecule has 0 radical (unpaired) electrons. The smallest absolute Gasteiger partial charge is 0.296 e. The van der Waals surface area contributed by atoms with Crippen molar-refractivity contribution in [1.82, 2.24) is 9.38 Å². The summed E-state index contributed by atoms with van der Waals surface area (Å²) < 4.78 is 40.6. The van der Waals surface area contributed by atoms with Crippen molar-refractivity contribution in [3.63, 3.8) is 0 Å². The molecule has 0 aliphatic heterocycles. The normalized spacial score (nSPS) is 12.1. The van der Waals surface area contributed by atoms with E-state index in [2.05, 4.69) is 4.98 Å². The molecule has 3 nitrogen and oxygen atoms in total. The molecule has 0 atom stereocenters. The lowest BCUT2D eigenvalue weighted by molar-refractivity contribution is -0.137. The zero-order valence-corrected chi connectivity index (χ0v) is 12.9. The maximum absolute atomic E-state index is 12.9. The number of alkyl halides is 3. The van der Waals surface area contributed by atoms with Gasteiger partial charge >= 0.3 is 6.18 Å². The van der Waals surface area contributed by atoms with Crippen LogP contribution in [0.4, 0.5) is 13.2 Å². The van der Waals surface area contributed by atoms with Crippen molar-refractivity contribution < 1.29 is 18.0 Å². The number of thiazole rings is 1. The largest absolute Gasteiger partial charge is 0.416 e. The third-order valence-corrected chi connectivity index (χ3v) is 4.77. The van der Waals surface area contributed by atoms with E-state index >= 15 is 0 Å². The van der Waals surface area contributed by atoms with E-state index in [1.54, 1.807) is 4.40 Å². The number of rotatable bonds is 2. The van der Waals surface area contributed by atoms with E-state index < -0.39 is 11.7 Å². The minimum absolute atomic E-state index is 0.335. The number of aldehydes is 1. The van der Waals surface area contributed by atoms with Gasteiger partial charge in [-0.15, -0.1) is 0 Å². The number of fused-ring (bicyclic) bond motifs is 3. The van der Waals surface area contributed by atoms with E-state index in [0.717, 1.165) is 29.0 Å². The minimum Gasteiger partial charge on any atom is -0.296 e. The van der Waals surface area contributed by atoms with Crippen LogP contribution in [0.5, 0.6) is 0 Å². The summed E-state index contributed by atoms with van der Waals surface area (Å²) >= 11 is 1.13. The predicted octanol–water partition coefficient (Wildman–Crippen LogP) is 5.05. The molecule has 0 N–H and O–H groups in total. The molecule has 0 unspecified atom stereocenters. The summed E-state index contributed by atoms with van der Waals surface area (Å²) in [6, 6.07) is 12.7. The van der Waals surface area contributed by atoms with Crippen LogP contribution < -0.4 is 0 Å². The summed E-state index contributed by atoms with van der Waals surface area (Å²) in [7, 11) is 0. The summed E-state index contributed by atoms with van der Waals surface area (Å²) in [6.07, 6.45) is -3.71. The molecule has 7 heteroatoms. The highest BCUT2D eigenvalue weighted by atomic mass is 32.1. The van der Waals surface area contributed by atoms with E-state index in [-0.39, 0.29) is 0 Å². The van der Waals surface area contributed by atoms with Crippen LogP contribution in [0.2, 0.25) is 0 Å². The molecule has 4 rings (SSSR count). The Morgan fingerprint density at radius 3 is 2.50 bits per heavy atom. The second-order valence-corrected chi connectivity index (χ2v) is 6.24. The average molecular weight is 346 g/mol. The summed E-state index contributed by atoms with van der Waals surface area (Å²) in [5, 5.41) is 0. The van der Waals surface area contributed by atoms with Crippen LogP contribution in [-0.4, -0.2) is 15.7 Å². The zero-order valence-electron chi connectivity index (χ0n) is 12.0. The lowest BCUT2D eigenvalue weighted by atomic mass is 10.1. The number of benzene rings is 2. The lowest BCUT2D eigenvalue weighted by Crippen LogP contribution is -2.04. The highest BCUT2D eigenvalue weighted by Gasteiger charge is 2.31. The van der Waals surface area contributed by atoms with E-state index in [0.29, 0.717) is 32.9 Å². The first-order valence-corrected chi connectivity index (χ1v) is 7.83. The van der Waals surface area contributed by atoms with Crippen LogP contribution in [-0.2, 0) is 6.18 Å². The van der Waals surface area contributed by atoms with Crippen LogP contribution in [0, 0.1) is 0 Å². The number of hydrogen-bond acceptors (Lipinski definition) is 3. The van der Waals surface area contributed by atoms with Crippen molar-refractivity contribution in [2.75, 3.05) is 0 Å². The van der Waals surface area contributed by atoms with Crippen molar-refractivity contribution in [2.24, 2.45) is 0 Å². The fraction of sp³-hybridized carbons (Fsp3) is 0.0588. The highest BCUT2D eigenvalue weighted by molar-refractivity contribution is 7.23. The van der Waals surface area contributed by atoms with Crippen LogP contribution in [0.3, 0.4) is 0 Å². The molecule has 0 aliphatic rings. The van der Waals surface area contributed by atoms with Gasteiger partial charge in [0.15, 0.2) is 11.2 Å². The van der Waals surface area contributed by atoms with Crippen LogP contribution in [0.25, 0.3) is 26.4 Å². The molecule has 120 valence electrons. The van der Waals surface area contributed by atoms with Gasteiger partial charge in [0.25, 0.3) is 0 Å². The Balaban J connectivity index is 2.00. The molecular formula is C17H9F3N2OS. The molecular weight excluding hydrogens is 337 g/mol. The SMILES string of the molecule is O=Cc1c(-c2ccccc2)nc2sc3cc(C(F)(F)F)ccc3n12. The molecule has 0 bridgehead atoms. The van der Waals surface area contributed by atoms with Gasteiger partial charge in [-0.2, -0.15) is 13.2 Å². The number of carbonyl (C=O) groups is 1. The summed E-state index contributed by atoms with van der Waals surface area (Å²) in [5.74, 6) is 0. The Morgan fingerprint density at radius 1 is 1.08 bits per heavy atom. The van der Waals surface area contributed by atoms with Gasteiger partial charge in [-0.1, -0.05) is 41.7 Å². The van der Waals surface area contributed by atoms with Crippen molar-refractivity contribution in [2.45, 2.75) is 6.18 Å². The van der Waals surface area contributed by atoms with Crippen molar-refractivity contribution >= 4 is 32.8 Å². The fourth-order valence-corrected chi connectivity index (χ4v) is 3.76. The number of carbonyl (C=O) groups excluding carboxylic acids is 1. The number of halogens is 3. The Kier molecular flexibility index (Phi) is 3.21. The monoisotopic (exact) mass is 346 g/mol. The molecule has 2 aromatic carbocycles. The molecule has 0 spiro atoms. The molecule has 2 aromatic heterocycles. The molecule has 0 saturated heterocycles. The molecule has 2 heterocycles. The third kappa shape index (κ3) is 2.20. The molecule has 4 aromatic rings. The number of imidazole rings is 1. The highest BCUT2D eigenvalue weighted by Crippen LogP contribution is 2.36. The minimum atomic E-state index is -4.40. The molecule has 0 fully saturated rings. The number of hydrogen-bond donors (Lipinski definition) is 0. The van der Waals surface area contributed by atoms with Crippen LogP contribution >= 0.6 is 11.3 Å². The standard InChI is InChI=1S/C17H9F3N2OS/c18-17(19,20)11-6-7-12-14(8-11)24-16-21-15(13(9-23)22(12)16)10-4-2-1-3-5-10/h1-9H. The number of nitrogens with zero attached hydrogens (tertiary/aromatic N) is 2. The second kappa shape index (κ2) is 5.17. The number of aromatic nitrogens is 2.